The zero-order valence-corrected chi connectivity index (χ0v) is 13.5. The first-order valence-corrected chi connectivity index (χ1v) is 9.14. The van der Waals surface area contributed by atoms with Gasteiger partial charge in [0.2, 0.25) is 0 Å². The molecule has 21 heavy (non-hydrogen) atoms. The SMILES string of the molecule is CC(C)(C)n1c(C2CCCS(=O)(=O)C2)nc2cccnc21. The van der Waals surface area contributed by atoms with E-state index in [1.807, 2.05) is 12.1 Å². The molecule has 0 aliphatic carbocycles. The monoisotopic (exact) mass is 307 g/mol. The highest BCUT2D eigenvalue weighted by atomic mass is 32.2. The van der Waals surface area contributed by atoms with Crippen LogP contribution < -0.4 is 0 Å². The van der Waals surface area contributed by atoms with Crippen molar-refractivity contribution in [1.82, 2.24) is 14.5 Å². The van der Waals surface area contributed by atoms with Gasteiger partial charge in [-0.15, -0.1) is 0 Å². The molecule has 3 heterocycles. The van der Waals surface area contributed by atoms with Crippen LogP contribution in [-0.4, -0.2) is 34.5 Å². The lowest BCUT2D eigenvalue weighted by atomic mass is 10.0. The fourth-order valence-corrected chi connectivity index (χ4v) is 4.79. The van der Waals surface area contributed by atoms with Gasteiger partial charge in [-0.3, -0.25) is 0 Å². The van der Waals surface area contributed by atoms with Gasteiger partial charge >= 0.3 is 0 Å². The third-order valence-corrected chi connectivity index (χ3v) is 5.76. The van der Waals surface area contributed by atoms with Gasteiger partial charge in [0.15, 0.2) is 15.5 Å². The first kappa shape index (κ1) is 14.5. The van der Waals surface area contributed by atoms with Crippen LogP contribution in [0.1, 0.15) is 45.4 Å². The number of hydrogen-bond acceptors (Lipinski definition) is 4. The van der Waals surface area contributed by atoms with E-state index in [0.29, 0.717) is 12.2 Å². The van der Waals surface area contributed by atoms with Crippen LogP contribution >= 0.6 is 0 Å². The molecule has 1 saturated heterocycles. The summed E-state index contributed by atoms with van der Waals surface area (Å²) < 4.78 is 26.0. The Hall–Kier alpha value is -1.43. The predicted octanol–water partition coefficient (Wildman–Crippen LogP) is 2.48. The highest BCUT2D eigenvalue weighted by Crippen LogP contribution is 2.33. The third-order valence-electron chi connectivity index (χ3n) is 3.94. The van der Waals surface area contributed by atoms with E-state index in [1.165, 1.54) is 0 Å². The molecule has 0 radical (unpaired) electrons. The van der Waals surface area contributed by atoms with Crippen molar-refractivity contribution in [3.8, 4) is 0 Å². The molecule has 3 rings (SSSR count). The van der Waals surface area contributed by atoms with E-state index in [4.69, 9.17) is 4.98 Å². The Labute approximate surface area is 125 Å². The van der Waals surface area contributed by atoms with E-state index >= 15 is 0 Å². The van der Waals surface area contributed by atoms with Gasteiger partial charge in [0, 0.05) is 17.7 Å². The number of aromatic nitrogens is 3. The van der Waals surface area contributed by atoms with Crippen molar-refractivity contribution in [2.24, 2.45) is 0 Å². The number of sulfone groups is 1. The molecule has 0 saturated carbocycles. The Balaban J connectivity index is 2.18. The lowest BCUT2D eigenvalue weighted by Crippen LogP contribution is -2.30. The van der Waals surface area contributed by atoms with Gasteiger partial charge in [-0.1, -0.05) is 0 Å². The summed E-state index contributed by atoms with van der Waals surface area (Å²) in [5.41, 5.74) is 1.49. The zero-order valence-electron chi connectivity index (χ0n) is 12.7. The Morgan fingerprint density at radius 2 is 2.10 bits per heavy atom. The Morgan fingerprint density at radius 1 is 1.33 bits per heavy atom. The molecular formula is C15H21N3O2S. The first-order valence-electron chi connectivity index (χ1n) is 7.32. The van der Waals surface area contributed by atoms with Crippen LogP contribution in [0, 0.1) is 0 Å². The van der Waals surface area contributed by atoms with E-state index < -0.39 is 9.84 Å². The van der Waals surface area contributed by atoms with Gasteiger partial charge in [-0.05, 0) is 45.7 Å². The number of imidazole rings is 1. The Kier molecular flexibility index (Phi) is 3.31. The maximum Gasteiger partial charge on any atom is 0.160 e. The van der Waals surface area contributed by atoms with Crippen molar-refractivity contribution in [2.45, 2.75) is 45.1 Å². The van der Waals surface area contributed by atoms with Crippen LogP contribution in [0.3, 0.4) is 0 Å². The summed E-state index contributed by atoms with van der Waals surface area (Å²) in [4.78, 5) is 9.15. The molecule has 1 unspecified atom stereocenters. The molecule has 5 nitrogen and oxygen atoms in total. The predicted molar refractivity (Wildman–Crippen MR) is 83.2 cm³/mol. The molecule has 1 atom stereocenters. The quantitative estimate of drug-likeness (QED) is 0.812. The molecule has 6 heteroatoms. The summed E-state index contributed by atoms with van der Waals surface area (Å²) in [5.74, 6) is 1.33. The molecule has 0 N–H and O–H groups in total. The van der Waals surface area contributed by atoms with Crippen LogP contribution in [0.25, 0.3) is 11.2 Å². The van der Waals surface area contributed by atoms with E-state index in [9.17, 15) is 8.42 Å². The van der Waals surface area contributed by atoms with Crippen LogP contribution in [0.2, 0.25) is 0 Å². The van der Waals surface area contributed by atoms with Gasteiger partial charge in [-0.2, -0.15) is 0 Å². The summed E-state index contributed by atoms with van der Waals surface area (Å²) in [5, 5.41) is 0. The molecule has 2 aromatic rings. The lowest BCUT2D eigenvalue weighted by Gasteiger charge is -2.28. The zero-order chi connectivity index (χ0) is 15.3. The average Bonchev–Trinajstić information content (AvgIpc) is 2.76. The second-order valence-electron chi connectivity index (χ2n) is 6.78. The molecule has 1 fully saturated rings. The molecular weight excluding hydrogens is 286 g/mol. The molecule has 0 amide bonds. The Bertz CT molecular complexity index is 772. The summed E-state index contributed by atoms with van der Waals surface area (Å²) in [6, 6.07) is 3.80. The van der Waals surface area contributed by atoms with Gasteiger partial charge in [0.1, 0.15) is 11.3 Å². The molecule has 0 bridgehead atoms. The molecule has 114 valence electrons. The summed E-state index contributed by atoms with van der Waals surface area (Å²) in [6.07, 6.45) is 3.35. The minimum atomic E-state index is -2.95. The van der Waals surface area contributed by atoms with Crippen LogP contribution in [0.15, 0.2) is 18.3 Å². The fraction of sp³-hybridized carbons (Fsp3) is 0.600. The van der Waals surface area contributed by atoms with Crippen molar-refractivity contribution in [1.29, 1.82) is 0 Å². The third kappa shape index (κ3) is 2.69. The topological polar surface area (TPSA) is 64.8 Å². The highest BCUT2D eigenvalue weighted by Gasteiger charge is 2.32. The molecule has 0 spiro atoms. The standard InChI is InChI=1S/C15H21N3O2S/c1-15(2,3)18-13(11-6-5-9-21(19,20)10-11)17-12-7-4-8-16-14(12)18/h4,7-8,11H,5-6,9-10H2,1-3H3. The van der Waals surface area contributed by atoms with Gasteiger partial charge in [-0.25, -0.2) is 18.4 Å². The smallest absolute Gasteiger partial charge is 0.160 e. The van der Waals surface area contributed by atoms with Crippen molar-refractivity contribution >= 4 is 21.0 Å². The van der Waals surface area contributed by atoms with Crippen molar-refractivity contribution < 1.29 is 8.42 Å². The summed E-state index contributed by atoms with van der Waals surface area (Å²) in [7, 11) is -2.95. The van der Waals surface area contributed by atoms with E-state index in [1.54, 1.807) is 6.20 Å². The average molecular weight is 307 g/mol. The maximum absolute atomic E-state index is 12.0. The molecule has 2 aromatic heterocycles. The van der Waals surface area contributed by atoms with E-state index in [-0.39, 0.29) is 17.2 Å². The second-order valence-corrected chi connectivity index (χ2v) is 9.00. The van der Waals surface area contributed by atoms with Gasteiger partial charge in [0.05, 0.1) is 11.5 Å². The van der Waals surface area contributed by atoms with Gasteiger partial charge in [0.25, 0.3) is 0 Å². The minimum absolute atomic E-state index is 0.0304. The Morgan fingerprint density at radius 3 is 2.76 bits per heavy atom. The lowest BCUT2D eigenvalue weighted by molar-refractivity contribution is 0.378. The van der Waals surface area contributed by atoms with Crippen molar-refractivity contribution in [3.05, 3.63) is 24.2 Å². The van der Waals surface area contributed by atoms with Gasteiger partial charge < -0.3 is 4.57 Å². The van der Waals surface area contributed by atoms with Crippen molar-refractivity contribution in [2.75, 3.05) is 11.5 Å². The van der Waals surface area contributed by atoms with Crippen LogP contribution in [-0.2, 0) is 15.4 Å². The molecule has 0 aromatic carbocycles. The van der Waals surface area contributed by atoms with Crippen molar-refractivity contribution in [3.63, 3.8) is 0 Å². The van der Waals surface area contributed by atoms with E-state index in [2.05, 4.69) is 30.3 Å². The number of nitrogens with zero attached hydrogens (tertiary/aromatic N) is 3. The number of fused-ring (bicyclic) bond motifs is 1. The van der Waals surface area contributed by atoms with Crippen LogP contribution in [0.4, 0.5) is 0 Å². The second kappa shape index (κ2) is 4.80. The number of pyridine rings is 1. The number of hydrogen-bond donors (Lipinski definition) is 0. The number of rotatable bonds is 1. The van der Waals surface area contributed by atoms with E-state index in [0.717, 1.165) is 23.4 Å². The summed E-state index contributed by atoms with van der Waals surface area (Å²) >= 11 is 0. The molecule has 1 aliphatic heterocycles. The largest absolute Gasteiger partial charge is 0.307 e. The minimum Gasteiger partial charge on any atom is -0.307 e. The first-order chi connectivity index (χ1) is 9.78. The normalized spacial score (nSPS) is 22.5. The highest BCUT2D eigenvalue weighted by molar-refractivity contribution is 7.91. The van der Waals surface area contributed by atoms with Crippen LogP contribution in [0.5, 0.6) is 0 Å². The maximum atomic E-state index is 12.0. The molecule has 1 aliphatic rings. The summed E-state index contributed by atoms with van der Waals surface area (Å²) in [6.45, 7) is 6.30. The fourth-order valence-electron chi connectivity index (χ4n) is 3.09.